The molecule has 2 rings (SSSR count). The van der Waals surface area contributed by atoms with Crippen LogP contribution in [0.5, 0.6) is 5.75 Å². The first kappa shape index (κ1) is 15.4. The number of halogens is 3. The van der Waals surface area contributed by atoms with Gasteiger partial charge in [-0.1, -0.05) is 12.1 Å². The van der Waals surface area contributed by atoms with Gasteiger partial charge in [0.1, 0.15) is 18.2 Å². The molecule has 1 unspecified atom stereocenters. The van der Waals surface area contributed by atoms with Gasteiger partial charge in [0.15, 0.2) is 11.6 Å². The van der Waals surface area contributed by atoms with Gasteiger partial charge < -0.3 is 10.1 Å². The number of hydrogen-bond donors (Lipinski definition) is 1. The molecule has 2 nitrogen and oxygen atoms in total. The van der Waals surface area contributed by atoms with Crippen LogP contribution >= 0.6 is 0 Å². The van der Waals surface area contributed by atoms with Crippen molar-refractivity contribution in [1.82, 2.24) is 5.32 Å². The van der Waals surface area contributed by atoms with E-state index >= 15 is 0 Å². The summed E-state index contributed by atoms with van der Waals surface area (Å²) in [7, 11) is 1.77. The topological polar surface area (TPSA) is 21.3 Å². The van der Waals surface area contributed by atoms with E-state index in [0.29, 0.717) is 0 Å². The summed E-state index contributed by atoms with van der Waals surface area (Å²) >= 11 is 0. The fraction of sp³-hybridized carbons (Fsp3) is 0.250. The van der Waals surface area contributed by atoms with E-state index in [1.165, 1.54) is 18.2 Å². The fourth-order valence-electron chi connectivity index (χ4n) is 1.89. The van der Waals surface area contributed by atoms with E-state index < -0.39 is 17.5 Å². The lowest BCUT2D eigenvalue weighted by atomic mass is 10.1. The van der Waals surface area contributed by atoms with Crippen LogP contribution in [0.25, 0.3) is 0 Å². The Hall–Kier alpha value is -2.01. The molecule has 0 aromatic heterocycles. The van der Waals surface area contributed by atoms with Crippen LogP contribution < -0.4 is 10.1 Å². The third kappa shape index (κ3) is 3.55. The van der Waals surface area contributed by atoms with E-state index in [9.17, 15) is 13.2 Å². The molecule has 21 heavy (non-hydrogen) atoms. The monoisotopic (exact) mass is 295 g/mol. The molecule has 1 atom stereocenters. The van der Waals surface area contributed by atoms with Gasteiger partial charge in [0.2, 0.25) is 0 Å². The first-order valence-electron chi connectivity index (χ1n) is 6.55. The standard InChI is InChI=1S/C16H16F3NO/c1-10(20-2)11-6-7-16(15(19)8-11)21-9-12-13(17)4-3-5-14(12)18/h3-8,10,20H,9H2,1-2H3. The molecular weight excluding hydrogens is 279 g/mol. The molecule has 0 amide bonds. The van der Waals surface area contributed by atoms with Crippen molar-refractivity contribution in [3.8, 4) is 5.75 Å². The van der Waals surface area contributed by atoms with Crippen LogP contribution in [0.1, 0.15) is 24.1 Å². The summed E-state index contributed by atoms with van der Waals surface area (Å²) in [6.45, 7) is 1.53. The number of nitrogens with one attached hydrogen (secondary N) is 1. The normalized spacial score (nSPS) is 12.2. The minimum atomic E-state index is -0.712. The first-order chi connectivity index (χ1) is 10.0. The number of benzene rings is 2. The van der Waals surface area contributed by atoms with E-state index in [-0.39, 0.29) is 24.0 Å². The average Bonchev–Trinajstić information content (AvgIpc) is 2.47. The fourth-order valence-corrected chi connectivity index (χ4v) is 1.89. The van der Waals surface area contributed by atoms with E-state index in [2.05, 4.69) is 5.32 Å². The maximum absolute atomic E-state index is 13.9. The maximum Gasteiger partial charge on any atom is 0.165 e. The summed E-state index contributed by atoms with van der Waals surface area (Å²) in [4.78, 5) is 0. The molecule has 2 aromatic rings. The van der Waals surface area contributed by atoms with Gasteiger partial charge in [0, 0.05) is 6.04 Å². The Bertz CT molecular complexity index is 611. The van der Waals surface area contributed by atoms with E-state index in [4.69, 9.17) is 4.74 Å². The van der Waals surface area contributed by atoms with Crippen LogP contribution in [0.15, 0.2) is 36.4 Å². The van der Waals surface area contributed by atoms with E-state index in [0.717, 1.165) is 17.7 Å². The van der Waals surface area contributed by atoms with Crippen LogP contribution in [0.2, 0.25) is 0 Å². The van der Waals surface area contributed by atoms with Gasteiger partial charge >= 0.3 is 0 Å². The maximum atomic E-state index is 13.9. The minimum Gasteiger partial charge on any atom is -0.486 e. The molecule has 5 heteroatoms. The highest BCUT2D eigenvalue weighted by Gasteiger charge is 2.12. The van der Waals surface area contributed by atoms with Gasteiger partial charge in [-0.05, 0) is 43.8 Å². The molecule has 0 aliphatic carbocycles. The zero-order valence-electron chi connectivity index (χ0n) is 11.8. The van der Waals surface area contributed by atoms with Crippen molar-refractivity contribution in [3.63, 3.8) is 0 Å². The van der Waals surface area contributed by atoms with Crippen LogP contribution in [0, 0.1) is 17.5 Å². The second-order valence-electron chi connectivity index (χ2n) is 4.69. The Morgan fingerprint density at radius 3 is 2.29 bits per heavy atom. The quantitative estimate of drug-likeness (QED) is 0.901. The van der Waals surface area contributed by atoms with Gasteiger partial charge in [-0.3, -0.25) is 0 Å². The third-order valence-corrected chi connectivity index (χ3v) is 3.32. The summed E-state index contributed by atoms with van der Waals surface area (Å²) in [5.74, 6) is -2.03. The Morgan fingerprint density at radius 2 is 1.71 bits per heavy atom. The van der Waals surface area contributed by atoms with Crippen molar-refractivity contribution in [1.29, 1.82) is 0 Å². The highest BCUT2D eigenvalue weighted by Crippen LogP contribution is 2.23. The van der Waals surface area contributed by atoms with Crippen molar-refractivity contribution < 1.29 is 17.9 Å². The minimum absolute atomic E-state index is 0.00226. The predicted octanol–water partition coefficient (Wildman–Crippen LogP) is 3.96. The zero-order chi connectivity index (χ0) is 15.4. The van der Waals surface area contributed by atoms with Gasteiger partial charge in [-0.2, -0.15) is 0 Å². The Balaban J connectivity index is 2.14. The SMILES string of the molecule is CNC(C)c1ccc(OCc2c(F)cccc2F)c(F)c1. The number of ether oxygens (including phenoxy) is 1. The summed E-state index contributed by atoms with van der Waals surface area (Å²) in [5.41, 5.74) is 0.545. The molecule has 0 heterocycles. The lowest BCUT2D eigenvalue weighted by Gasteiger charge is -2.13. The molecule has 0 saturated heterocycles. The number of rotatable bonds is 5. The molecule has 2 aromatic carbocycles. The predicted molar refractivity (Wildman–Crippen MR) is 74.6 cm³/mol. The van der Waals surface area contributed by atoms with Crippen LogP contribution in [-0.4, -0.2) is 7.05 Å². The van der Waals surface area contributed by atoms with E-state index in [1.807, 2.05) is 6.92 Å². The van der Waals surface area contributed by atoms with Gasteiger partial charge in [-0.25, -0.2) is 13.2 Å². The van der Waals surface area contributed by atoms with Gasteiger partial charge in [0.05, 0.1) is 5.56 Å². The van der Waals surface area contributed by atoms with Crippen LogP contribution in [0.4, 0.5) is 13.2 Å². The van der Waals surface area contributed by atoms with Crippen molar-refractivity contribution >= 4 is 0 Å². The lowest BCUT2D eigenvalue weighted by Crippen LogP contribution is -2.12. The first-order valence-corrected chi connectivity index (χ1v) is 6.55. The van der Waals surface area contributed by atoms with Crippen molar-refractivity contribution in [3.05, 3.63) is 65.0 Å². The van der Waals surface area contributed by atoms with Crippen molar-refractivity contribution in [2.45, 2.75) is 19.6 Å². The summed E-state index contributed by atoms with van der Waals surface area (Å²) in [6, 6.07) is 8.04. The highest BCUT2D eigenvalue weighted by atomic mass is 19.1. The van der Waals surface area contributed by atoms with Crippen LogP contribution in [0.3, 0.4) is 0 Å². The van der Waals surface area contributed by atoms with Crippen LogP contribution in [-0.2, 0) is 6.61 Å². The van der Waals surface area contributed by atoms with Gasteiger partial charge in [-0.15, -0.1) is 0 Å². The molecule has 0 saturated carbocycles. The second-order valence-corrected chi connectivity index (χ2v) is 4.69. The molecular formula is C16H16F3NO. The lowest BCUT2D eigenvalue weighted by molar-refractivity contribution is 0.278. The summed E-state index contributed by atoms with van der Waals surface area (Å²) in [5, 5.41) is 2.99. The Morgan fingerprint density at radius 1 is 1.05 bits per heavy atom. The molecule has 0 aliphatic heterocycles. The van der Waals surface area contributed by atoms with Gasteiger partial charge in [0.25, 0.3) is 0 Å². The largest absolute Gasteiger partial charge is 0.486 e. The number of hydrogen-bond acceptors (Lipinski definition) is 2. The Kier molecular flexibility index (Phi) is 4.85. The second kappa shape index (κ2) is 6.63. The molecule has 0 spiro atoms. The molecule has 0 radical (unpaired) electrons. The summed E-state index contributed by atoms with van der Waals surface area (Å²) < 4.78 is 46.0. The third-order valence-electron chi connectivity index (χ3n) is 3.32. The molecule has 0 aliphatic rings. The van der Waals surface area contributed by atoms with Crippen molar-refractivity contribution in [2.75, 3.05) is 7.05 Å². The zero-order valence-corrected chi connectivity index (χ0v) is 11.8. The Labute approximate surface area is 121 Å². The summed E-state index contributed by atoms with van der Waals surface area (Å²) in [6.07, 6.45) is 0. The molecule has 0 fully saturated rings. The molecule has 112 valence electrons. The molecule has 1 N–H and O–H groups in total. The highest BCUT2D eigenvalue weighted by molar-refractivity contribution is 5.31. The smallest absolute Gasteiger partial charge is 0.165 e. The molecule has 0 bridgehead atoms. The average molecular weight is 295 g/mol. The van der Waals surface area contributed by atoms with E-state index in [1.54, 1.807) is 13.1 Å². The van der Waals surface area contributed by atoms with Crippen molar-refractivity contribution in [2.24, 2.45) is 0 Å².